The number of nitrogens with zero attached hydrogens (tertiary/aromatic N) is 3. The number of carbonyl (C=O) groups excluding carboxylic acids is 1. The van der Waals surface area contributed by atoms with Crippen LogP contribution in [0.2, 0.25) is 0 Å². The van der Waals surface area contributed by atoms with Crippen molar-refractivity contribution in [3.63, 3.8) is 0 Å². The summed E-state index contributed by atoms with van der Waals surface area (Å²) in [5, 5.41) is 0.678. The van der Waals surface area contributed by atoms with E-state index in [0.29, 0.717) is 15.9 Å². The van der Waals surface area contributed by atoms with Crippen LogP contribution in [0.1, 0.15) is 20.2 Å². The van der Waals surface area contributed by atoms with Crippen molar-refractivity contribution in [1.29, 1.82) is 0 Å². The molecule has 0 aliphatic carbocycles. The van der Waals surface area contributed by atoms with E-state index in [1.54, 1.807) is 6.20 Å². The molecular weight excluding hydrogens is 334 g/mol. The van der Waals surface area contributed by atoms with Crippen LogP contribution in [0.3, 0.4) is 0 Å². The highest BCUT2D eigenvalue weighted by Gasteiger charge is 2.36. The number of hydrogen-bond donors (Lipinski definition) is 0. The highest BCUT2D eigenvalue weighted by atomic mass is 32.1. The van der Waals surface area contributed by atoms with Crippen molar-refractivity contribution in [3.8, 4) is 11.8 Å². The zero-order valence-electron chi connectivity index (χ0n) is 13.9. The van der Waals surface area contributed by atoms with Gasteiger partial charge in [-0.05, 0) is 18.1 Å². The molecule has 3 heterocycles. The number of hydrogen-bond acceptors (Lipinski definition) is 5. The van der Waals surface area contributed by atoms with Gasteiger partial charge >= 0.3 is 0 Å². The first-order valence-corrected chi connectivity index (χ1v) is 9.25. The lowest BCUT2D eigenvalue weighted by Crippen LogP contribution is -2.62. The van der Waals surface area contributed by atoms with Gasteiger partial charge in [0.1, 0.15) is 4.88 Å². The van der Waals surface area contributed by atoms with Gasteiger partial charge in [-0.2, -0.15) is 0 Å². The number of rotatable bonds is 2. The number of aromatic nitrogens is 1. The van der Waals surface area contributed by atoms with Gasteiger partial charge in [0.15, 0.2) is 5.01 Å². The molecule has 2 aromatic rings. The van der Waals surface area contributed by atoms with Crippen molar-refractivity contribution in [2.75, 3.05) is 39.4 Å². The van der Waals surface area contributed by atoms with Crippen molar-refractivity contribution in [2.45, 2.75) is 6.04 Å². The molecule has 0 atom stereocenters. The fourth-order valence-electron chi connectivity index (χ4n) is 3.03. The van der Waals surface area contributed by atoms with Crippen molar-refractivity contribution < 1.29 is 9.53 Å². The number of likely N-dealkylation sites (tertiary alicyclic amines) is 1. The molecule has 4 rings (SSSR count). The van der Waals surface area contributed by atoms with Crippen molar-refractivity contribution >= 4 is 17.2 Å². The summed E-state index contributed by atoms with van der Waals surface area (Å²) in [6.45, 7) is 5.11. The standard InChI is InChI=1S/C19H19N3O2S/c23-19(22-13-16(14-22)21-8-10-24-11-9-21)17-12-20-18(25-17)7-6-15-4-2-1-3-5-15/h1-5,12,16H,8-11,13-14H2. The van der Waals surface area contributed by atoms with Gasteiger partial charge in [-0.3, -0.25) is 9.69 Å². The molecule has 0 N–H and O–H groups in total. The molecule has 1 aromatic carbocycles. The van der Waals surface area contributed by atoms with Gasteiger partial charge in [-0.1, -0.05) is 24.1 Å². The molecule has 25 heavy (non-hydrogen) atoms. The molecule has 0 radical (unpaired) electrons. The number of thiazole rings is 1. The van der Waals surface area contributed by atoms with Gasteiger partial charge in [0.25, 0.3) is 5.91 Å². The molecule has 6 heteroatoms. The molecule has 2 aliphatic rings. The van der Waals surface area contributed by atoms with Gasteiger partial charge in [0.2, 0.25) is 0 Å². The average Bonchev–Trinajstić information content (AvgIpc) is 3.09. The van der Waals surface area contributed by atoms with E-state index >= 15 is 0 Å². The third kappa shape index (κ3) is 3.74. The second-order valence-electron chi connectivity index (χ2n) is 6.16. The van der Waals surface area contributed by atoms with E-state index in [1.807, 2.05) is 35.2 Å². The Morgan fingerprint density at radius 1 is 1.16 bits per heavy atom. The Morgan fingerprint density at radius 3 is 2.68 bits per heavy atom. The molecule has 2 aliphatic heterocycles. The summed E-state index contributed by atoms with van der Waals surface area (Å²) in [7, 11) is 0. The van der Waals surface area contributed by atoms with Crippen molar-refractivity contribution in [1.82, 2.24) is 14.8 Å². The fraction of sp³-hybridized carbons (Fsp3) is 0.368. The highest BCUT2D eigenvalue weighted by Crippen LogP contribution is 2.21. The Balaban J connectivity index is 1.35. The fourth-order valence-corrected chi connectivity index (χ4v) is 3.77. The Kier molecular flexibility index (Phi) is 4.79. The summed E-state index contributed by atoms with van der Waals surface area (Å²) >= 11 is 1.37. The van der Waals surface area contributed by atoms with E-state index < -0.39 is 0 Å². The summed E-state index contributed by atoms with van der Waals surface area (Å²) in [4.78, 5) is 21.8. The van der Waals surface area contributed by atoms with Crippen LogP contribution in [0.15, 0.2) is 36.5 Å². The van der Waals surface area contributed by atoms with Crippen LogP contribution in [0.25, 0.3) is 0 Å². The van der Waals surface area contributed by atoms with E-state index in [2.05, 4.69) is 21.7 Å². The Labute approximate surface area is 151 Å². The molecule has 5 nitrogen and oxygen atoms in total. The number of benzene rings is 1. The van der Waals surface area contributed by atoms with Crippen molar-refractivity contribution in [3.05, 3.63) is 52.0 Å². The SMILES string of the molecule is O=C(c1cnc(C#Cc2ccccc2)s1)N1CC(N2CCOCC2)C1. The Hall–Kier alpha value is -2.20. The number of morpholine rings is 1. The smallest absolute Gasteiger partial charge is 0.265 e. The molecule has 1 amide bonds. The number of ether oxygens (including phenoxy) is 1. The quantitative estimate of drug-likeness (QED) is 0.771. The lowest BCUT2D eigenvalue weighted by atomic mass is 10.1. The second kappa shape index (κ2) is 7.36. The second-order valence-corrected chi connectivity index (χ2v) is 7.19. The van der Waals surface area contributed by atoms with E-state index in [1.165, 1.54) is 11.3 Å². The number of carbonyl (C=O) groups is 1. The summed E-state index contributed by atoms with van der Waals surface area (Å²) in [6.07, 6.45) is 1.64. The summed E-state index contributed by atoms with van der Waals surface area (Å²) in [5.41, 5.74) is 0.946. The van der Waals surface area contributed by atoms with E-state index in [-0.39, 0.29) is 5.91 Å². The first-order valence-electron chi connectivity index (χ1n) is 8.43. The molecule has 2 saturated heterocycles. The van der Waals surface area contributed by atoms with Crippen LogP contribution in [0.4, 0.5) is 0 Å². The Bertz CT molecular complexity index is 797. The molecule has 0 saturated carbocycles. The minimum atomic E-state index is 0.0646. The minimum Gasteiger partial charge on any atom is -0.379 e. The maximum atomic E-state index is 12.5. The van der Waals surface area contributed by atoms with Crippen LogP contribution in [0, 0.1) is 11.8 Å². The first kappa shape index (κ1) is 16.3. The lowest BCUT2D eigenvalue weighted by Gasteiger charge is -2.46. The van der Waals surface area contributed by atoms with E-state index in [0.717, 1.165) is 45.0 Å². The zero-order chi connectivity index (χ0) is 17.1. The van der Waals surface area contributed by atoms with Gasteiger partial charge in [0.05, 0.1) is 19.4 Å². The zero-order valence-corrected chi connectivity index (χ0v) is 14.7. The van der Waals surface area contributed by atoms with E-state index in [9.17, 15) is 4.79 Å². The van der Waals surface area contributed by atoms with E-state index in [4.69, 9.17) is 4.74 Å². The minimum absolute atomic E-state index is 0.0646. The average molecular weight is 353 g/mol. The lowest BCUT2D eigenvalue weighted by molar-refractivity contribution is -0.0254. The Morgan fingerprint density at radius 2 is 1.92 bits per heavy atom. The van der Waals surface area contributed by atoms with Crippen LogP contribution < -0.4 is 0 Å². The van der Waals surface area contributed by atoms with Gasteiger partial charge in [-0.25, -0.2) is 4.98 Å². The van der Waals surface area contributed by atoms with Crippen LogP contribution >= 0.6 is 11.3 Å². The predicted molar refractivity (Wildman–Crippen MR) is 96.6 cm³/mol. The monoisotopic (exact) mass is 353 g/mol. The molecule has 0 spiro atoms. The normalized spacial score (nSPS) is 18.3. The number of amides is 1. The molecule has 128 valence electrons. The first-order chi connectivity index (χ1) is 12.3. The van der Waals surface area contributed by atoms with Crippen LogP contribution in [-0.2, 0) is 4.74 Å². The molecular formula is C19H19N3O2S. The van der Waals surface area contributed by atoms with Gasteiger partial charge in [0, 0.05) is 37.8 Å². The predicted octanol–water partition coefficient (Wildman–Crippen LogP) is 1.70. The third-order valence-corrected chi connectivity index (χ3v) is 5.42. The molecule has 0 bridgehead atoms. The molecule has 2 fully saturated rings. The van der Waals surface area contributed by atoms with Crippen LogP contribution in [-0.4, -0.2) is 66.1 Å². The largest absolute Gasteiger partial charge is 0.379 e. The third-order valence-electron chi connectivity index (χ3n) is 4.52. The summed E-state index contributed by atoms with van der Waals surface area (Å²) < 4.78 is 5.38. The molecule has 0 unspecified atom stereocenters. The maximum absolute atomic E-state index is 12.5. The van der Waals surface area contributed by atoms with Gasteiger partial charge in [-0.15, -0.1) is 11.3 Å². The summed E-state index contributed by atoms with van der Waals surface area (Å²) in [6, 6.07) is 10.3. The topological polar surface area (TPSA) is 45.7 Å². The molecule has 1 aromatic heterocycles. The van der Waals surface area contributed by atoms with Crippen LogP contribution in [0.5, 0.6) is 0 Å². The van der Waals surface area contributed by atoms with Crippen molar-refractivity contribution in [2.24, 2.45) is 0 Å². The highest BCUT2D eigenvalue weighted by molar-refractivity contribution is 7.14. The summed E-state index contributed by atoms with van der Waals surface area (Å²) in [5.74, 6) is 6.18. The van der Waals surface area contributed by atoms with Gasteiger partial charge < -0.3 is 9.64 Å². The maximum Gasteiger partial charge on any atom is 0.265 e.